The van der Waals surface area contributed by atoms with Gasteiger partial charge >= 0.3 is 11.9 Å². The highest BCUT2D eigenvalue weighted by Gasteiger charge is 2.33. The summed E-state index contributed by atoms with van der Waals surface area (Å²) in [6, 6.07) is 11.4. The van der Waals surface area contributed by atoms with Gasteiger partial charge in [0.2, 0.25) is 10.0 Å². The largest absolute Gasteiger partial charge is 0.460 e. The van der Waals surface area contributed by atoms with Crippen LogP contribution in [0.15, 0.2) is 59.5 Å². The molecule has 12 heteroatoms. The van der Waals surface area contributed by atoms with Crippen molar-refractivity contribution in [2.45, 2.75) is 56.9 Å². The molecule has 11 nitrogen and oxygen atoms in total. The Labute approximate surface area is 204 Å². The minimum atomic E-state index is -4.50. The van der Waals surface area contributed by atoms with Gasteiger partial charge in [-0.05, 0) is 39.3 Å². The second-order valence-corrected chi connectivity index (χ2v) is 10.3. The van der Waals surface area contributed by atoms with Crippen LogP contribution in [0.2, 0.25) is 0 Å². The number of rotatable bonds is 11. The van der Waals surface area contributed by atoms with E-state index in [0.717, 1.165) is 17.7 Å². The Morgan fingerprint density at radius 3 is 2.23 bits per heavy atom. The van der Waals surface area contributed by atoms with Crippen LogP contribution in [-0.4, -0.2) is 49.5 Å². The SMILES string of the molecule is C[C@H](NC[C@H](NS(=O)(=O)c1ccccc1[N+](=O)[O-])C(=O)OC(C)(C)C)C(=O)OCc1ccccc1. The van der Waals surface area contributed by atoms with Gasteiger partial charge in [0.1, 0.15) is 24.3 Å². The summed E-state index contributed by atoms with van der Waals surface area (Å²) in [4.78, 5) is 34.9. The topological polar surface area (TPSA) is 154 Å². The van der Waals surface area contributed by atoms with E-state index in [1.165, 1.54) is 19.1 Å². The third kappa shape index (κ3) is 8.74. The molecule has 0 bridgehead atoms. The van der Waals surface area contributed by atoms with Crippen molar-refractivity contribution in [3.8, 4) is 0 Å². The normalized spacial score (nSPS) is 13.5. The molecule has 0 fully saturated rings. The van der Waals surface area contributed by atoms with Crippen LogP contribution in [0.4, 0.5) is 5.69 Å². The van der Waals surface area contributed by atoms with Gasteiger partial charge in [-0.1, -0.05) is 42.5 Å². The van der Waals surface area contributed by atoms with Gasteiger partial charge in [-0.2, -0.15) is 4.72 Å². The molecule has 2 atom stereocenters. The second kappa shape index (κ2) is 11.9. The zero-order chi connectivity index (χ0) is 26.2. The fourth-order valence-electron chi connectivity index (χ4n) is 2.86. The number of para-hydroxylation sites is 1. The Kier molecular flexibility index (Phi) is 9.46. The van der Waals surface area contributed by atoms with Crippen molar-refractivity contribution in [3.63, 3.8) is 0 Å². The molecule has 0 aliphatic carbocycles. The van der Waals surface area contributed by atoms with Crippen LogP contribution < -0.4 is 10.0 Å². The van der Waals surface area contributed by atoms with Crippen LogP contribution in [0, 0.1) is 10.1 Å². The molecule has 2 aromatic carbocycles. The van der Waals surface area contributed by atoms with Crippen molar-refractivity contribution >= 4 is 27.6 Å². The van der Waals surface area contributed by atoms with Crippen LogP contribution in [0.25, 0.3) is 0 Å². The number of benzene rings is 2. The van der Waals surface area contributed by atoms with Gasteiger partial charge in [0, 0.05) is 12.6 Å². The maximum atomic E-state index is 12.9. The molecule has 0 heterocycles. The summed E-state index contributed by atoms with van der Waals surface area (Å²) >= 11 is 0. The number of nitro groups is 1. The molecular weight excluding hydrogens is 478 g/mol. The maximum Gasteiger partial charge on any atom is 0.326 e. The number of nitrogens with one attached hydrogen (secondary N) is 2. The van der Waals surface area contributed by atoms with Crippen LogP contribution in [-0.2, 0) is 35.7 Å². The standard InChI is InChI=1S/C23H29N3O8S/c1-16(21(27)33-15-17-10-6-5-7-11-17)24-14-18(22(28)34-23(2,3)4)25-35(31,32)20-13-9-8-12-19(20)26(29)30/h5-13,16,18,24-25H,14-15H2,1-4H3/t16-,18-/m0/s1. The number of hydrogen-bond acceptors (Lipinski definition) is 9. The van der Waals surface area contributed by atoms with E-state index in [-0.39, 0.29) is 13.2 Å². The van der Waals surface area contributed by atoms with Crippen molar-refractivity contribution in [1.29, 1.82) is 0 Å². The Balaban J connectivity index is 2.15. The van der Waals surface area contributed by atoms with E-state index >= 15 is 0 Å². The van der Waals surface area contributed by atoms with Gasteiger partial charge in [0.05, 0.1) is 4.92 Å². The minimum Gasteiger partial charge on any atom is -0.460 e. The highest BCUT2D eigenvalue weighted by molar-refractivity contribution is 7.89. The molecule has 2 rings (SSSR count). The van der Waals surface area contributed by atoms with Crippen LogP contribution in [0.3, 0.4) is 0 Å². The predicted octanol–water partition coefficient (Wildman–Crippen LogP) is 2.30. The van der Waals surface area contributed by atoms with Gasteiger partial charge in [0.15, 0.2) is 4.90 Å². The zero-order valence-electron chi connectivity index (χ0n) is 19.9. The monoisotopic (exact) mass is 507 g/mol. The first-order valence-electron chi connectivity index (χ1n) is 10.7. The molecule has 35 heavy (non-hydrogen) atoms. The van der Waals surface area contributed by atoms with Crippen LogP contribution in [0.5, 0.6) is 0 Å². The summed E-state index contributed by atoms with van der Waals surface area (Å²) in [6.07, 6.45) is 0. The highest BCUT2D eigenvalue weighted by Crippen LogP contribution is 2.23. The number of carbonyl (C=O) groups is 2. The summed E-state index contributed by atoms with van der Waals surface area (Å²) in [5.74, 6) is -1.53. The quantitative estimate of drug-likeness (QED) is 0.265. The number of nitrogens with zero attached hydrogens (tertiary/aromatic N) is 1. The molecule has 2 aromatic rings. The summed E-state index contributed by atoms with van der Waals surface area (Å²) in [6.45, 7) is 6.03. The lowest BCUT2D eigenvalue weighted by Gasteiger charge is -2.25. The van der Waals surface area contributed by atoms with Crippen molar-refractivity contribution in [3.05, 3.63) is 70.3 Å². The van der Waals surface area contributed by atoms with Gasteiger partial charge in [0.25, 0.3) is 5.69 Å². The Hall–Kier alpha value is -3.35. The van der Waals surface area contributed by atoms with E-state index in [4.69, 9.17) is 9.47 Å². The number of hydrogen-bond donors (Lipinski definition) is 2. The van der Waals surface area contributed by atoms with E-state index in [1.54, 1.807) is 45.0 Å². The first kappa shape index (κ1) is 27.9. The molecule has 2 N–H and O–H groups in total. The second-order valence-electron chi connectivity index (χ2n) is 8.66. The molecule has 0 aliphatic heterocycles. The maximum absolute atomic E-state index is 12.9. The average molecular weight is 508 g/mol. The fraction of sp³-hybridized carbons (Fsp3) is 0.391. The summed E-state index contributed by atoms with van der Waals surface area (Å²) in [7, 11) is -4.50. The molecule has 0 aliphatic rings. The highest BCUT2D eigenvalue weighted by atomic mass is 32.2. The number of carbonyl (C=O) groups excluding carboxylic acids is 2. The van der Waals surface area contributed by atoms with E-state index in [0.29, 0.717) is 0 Å². The van der Waals surface area contributed by atoms with Gasteiger partial charge in [-0.3, -0.25) is 19.7 Å². The van der Waals surface area contributed by atoms with Crippen LogP contribution >= 0.6 is 0 Å². The third-order valence-electron chi connectivity index (χ3n) is 4.55. The molecule has 0 spiro atoms. The van der Waals surface area contributed by atoms with Gasteiger partial charge < -0.3 is 14.8 Å². The van der Waals surface area contributed by atoms with Gasteiger partial charge in [-0.15, -0.1) is 0 Å². The summed E-state index contributed by atoms with van der Waals surface area (Å²) in [5.41, 5.74) is -0.787. The lowest BCUT2D eigenvalue weighted by molar-refractivity contribution is -0.387. The lowest BCUT2D eigenvalue weighted by atomic mass is 10.2. The smallest absolute Gasteiger partial charge is 0.326 e. The molecule has 0 amide bonds. The van der Waals surface area contributed by atoms with Gasteiger partial charge in [-0.25, -0.2) is 8.42 Å². The van der Waals surface area contributed by atoms with Crippen molar-refractivity contribution in [2.75, 3.05) is 6.54 Å². The predicted molar refractivity (Wildman–Crippen MR) is 127 cm³/mol. The van der Waals surface area contributed by atoms with E-state index < -0.39 is 55.2 Å². The molecule has 190 valence electrons. The molecule has 0 saturated heterocycles. The first-order valence-corrected chi connectivity index (χ1v) is 12.2. The number of esters is 2. The summed E-state index contributed by atoms with van der Waals surface area (Å²) < 4.78 is 38.6. The Morgan fingerprint density at radius 2 is 1.63 bits per heavy atom. The van der Waals surface area contributed by atoms with Crippen LogP contribution in [0.1, 0.15) is 33.3 Å². The minimum absolute atomic E-state index is 0.0471. The van der Waals surface area contributed by atoms with E-state index in [1.807, 2.05) is 6.07 Å². The van der Waals surface area contributed by atoms with Crippen molar-refractivity contribution < 1.29 is 32.4 Å². The summed E-state index contributed by atoms with van der Waals surface area (Å²) in [5, 5.41) is 14.0. The average Bonchev–Trinajstić information content (AvgIpc) is 2.79. The first-order chi connectivity index (χ1) is 16.3. The molecule has 0 aromatic heterocycles. The van der Waals surface area contributed by atoms with Crippen molar-refractivity contribution in [1.82, 2.24) is 10.0 Å². The lowest BCUT2D eigenvalue weighted by Crippen LogP contribution is -2.52. The number of nitro benzene ring substituents is 1. The third-order valence-corrected chi connectivity index (χ3v) is 6.06. The Morgan fingerprint density at radius 1 is 1.03 bits per heavy atom. The van der Waals surface area contributed by atoms with Crippen molar-refractivity contribution in [2.24, 2.45) is 0 Å². The Bertz CT molecular complexity index is 1150. The van der Waals surface area contributed by atoms with E-state index in [9.17, 15) is 28.1 Å². The fourth-order valence-corrected chi connectivity index (χ4v) is 4.22. The zero-order valence-corrected chi connectivity index (χ0v) is 20.7. The molecule has 0 saturated carbocycles. The number of sulfonamides is 1. The number of ether oxygens (including phenoxy) is 2. The van der Waals surface area contributed by atoms with E-state index in [2.05, 4.69) is 10.0 Å². The molecule has 0 unspecified atom stereocenters. The molecular formula is C23H29N3O8S. The molecule has 0 radical (unpaired) electrons.